The van der Waals surface area contributed by atoms with Gasteiger partial charge >= 0.3 is 0 Å². The number of aliphatic hydroxyl groups is 1. The molecule has 4 rings (SSSR count). The molecule has 1 amide bonds. The quantitative estimate of drug-likeness (QED) is 0.750. The normalized spacial score (nSPS) is 16.7. The first kappa shape index (κ1) is 17.7. The van der Waals surface area contributed by atoms with E-state index in [1.807, 2.05) is 51.5 Å². The molecule has 7 heteroatoms. The maximum Gasteiger partial charge on any atom is 0.224 e. The topological polar surface area (TPSA) is 76.2 Å². The molecule has 7 nitrogen and oxygen atoms in total. The molecule has 142 valence electrons. The van der Waals surface area contributed by atoms with Gasteiger partial charge in [0.2, 0.25) is 5.91 Å². The molecular formula is C20H25N5O2. The Balaban J connectivity index is 1.30. The minimum atomic E-state index is -0.570. The third-order valence-electron chi connectivity index (χ3n) is 5.56. The van der Waals surface area contributed by atoms with Crippen LogP contribution in [0.25, 0.3) is 11.0 Å². The van der Waals surface area contributed by atoms with E-state index in [9.17, 15) is 9.90 Å². The third kappa shape index (κ3) is 3.60. The summed E-state index contributed by atoms with van der Waals surface area (Å²) < 4.78 is 3.89. The van der Waals surface area contributed by atoms with E-state index in [1.165, 1.54) is 0 Å². The van der Waals surface area contributed by atoms with E-state index in [4.69, 9.17) is 0 Å². The second kappa shape index (κ2) is 7.52. The summed E-state index contributed by atoms with van der Waals surface area (Å²) in [5.74, 6) is 1.01. The van der Waals surface area contributed by atoms with E-state index < -0.39 is 6.10 Å². The van der Waals surface area contributed by atoms with Gasteiger partial charge in [0.1, 0.15) is 11.9 Å². The number of para-hydroxylation sites is 2. The van der Waals surface area contributed by atoms with Crippen LogP contribution in [0, 0.1) is 5.92 Å². The fourth-order valence-electron chi connectivity index (χ4n) is 3.90. The number of hydrogen-bond acceptors (Lipinski definition) is 4. The van der Waals surface area contributed by atoms with Crippen molar-refractivity contribution in [1.82, 2.24) is 24.0 Å². The third-order valence-corrected chi connectivity index (χ3v) is 5.56. The number of likely N-dealkylation sites (tertiary alicyclic amines) is 1. The Kier molecular flexibility index (Phi) is 4.94. The van der Waals surface area contributed by atoms with Crippen molar-refractivity contribution in [3.8, 4) is 0 Å². The molecule has 0 radical (unpaired) electrons. The molecule has 3 aromatic rings. The van der Waals surface area contributed by atoms with Gasteiger partial charge < -0.3 is 19.1 Å². The smallest absolute Gasteiger partial charge is 0.224 e. The van der Waals surface area contributed by atoms with Gasteiger partial charge in [-0.2, -0.15) is 0 Å². The molecule has 2 aromatic heterocycles. The lowest BCUT2D eigenvalue weighted by atomic mass is 9.90. The van der Waals surface area contributed by atoms with Crippen molar-refractivity contribution < 1.29 is 9.90 Å². The summed E-state index contributed by atoms with van der Waals surface area (Å²) in [5.41, 5.74) is 2.01. The van der Waals surface area contributed by atoms with Crippen LogP contribution in [0.5, 0.6) is 0 Å². The summed E-state index contributed by atoms with van der Waals surface area (Å²) >= 11 is 0. The van der Waals surface area contributed by atoms with Crippen LogP contribution in [0.2, 0.25) is 0 Å². The maximum atomic E-state index is 12.6. The molecule has 1 aliphatic rings. The van der Waals surface area contributed by atoms with Gasteiger partial charge in [-0.05, 0) is 30.9 Å². The Bertz CT molecular complexity index is 923. The van der Waals surface area contributed by atoms with Crippen molar-refractivity contribution in [2.24, 2.45) is 13.0 Å². The number of fused-ring (bicyclic) bond motifs is 1. The number of imidazole rings is 2. The number of piperidine rings is 1. The fraction of sp³-hybridized carbons (Fsp3) is 0.450. The Labute approximate surface area is 158 Å². The molecule has 27 heavy (non-hydrogen) atoms. The Morgan fingerprint density at radius 3 is 2.78 bits per heavy atom. The van der Waals surface area contributed by atoms with Crippen molar-refractivity contribution in [3.05, 3.63) is 48.8 Å². The summed E-state index contributed by atoms with van der Waals surface area (Å²) in [7, 11) is 1.89. The van der Waals surface area contributed by atoms with Crippen molar-refractivity contribution >= 4 is 16.9 Å². The van der Waals surface area contributed by atoms with Crippen LogP contribution in [-0.4, -0.2) is 48.1 Å². The molecule has 1 aromatic carbocycles. The zero-order valence-corrected chi connectivity index (χ0v) is 15.5. The molecule has 1 saturated heterocycles. The van der Waals surface area contributed by atoms with Crippen LogP contribution in [0.3, 0.4) is 0 Å². The number of hydrogen-bond donors (Lipinski definition) is 1. The molecule has 0 saturated carbocycles. The van der Waals surface area contributed by atoms with E-state index in [-0.39, 0.29) is 11.8 Å². The van der Waals surface area contributed by atoms with Crippen LogP contribution in [-0.2, 0) is 18.4 Å². The molecule has 1 N–H and O–H groups in total. The number of amides is 1. The van der Waals surface area contributed by atoms with E-state index >= 15 is 0 Å². The largest absolute Gasteiger partial charge is 0.385 e. The van der Waals surface area contributed by atoms with Gasteiger partial charge in [0.05, 0.1) is 17.4 Å². The minimum Gasteiger partial charge on any atom is -0.385 e. The van der Waals surface area contributed by atoms with Gasteiger partial charge in [-0.15, -0.1) is 0 Å². The maximum absolute atomic E-state index is 12.6. The summed E-state index contributed by atoms with van der Waals surface area (Å²) in [6.45, 7) is 2.01. The number of carbonyl (C=O) groups is 1. The summed E-state index contributed by atoms with van der Waals surface area (Å²) in [5, 5.41) is 10.6. The van der Waals surface area contributed by atoms with Gasteiger partial charge in [-0.1, -0.05) is 12.1 Å². The highest BCUT2D eigenvalue weighted by molar-refractivity contribution is 5.77. The Hall–Kier alpha value is -2.67. The average molecular weight is 367 g/mol. The molecule has 0 unspecified atom stereocenters. The number of benzene rings is 1. The zero-order valence-electron chi connectivity index (χ0n) is 15.5. The second-order valence-electron chi connectivity index (χ2n) is 7.24. The van der Waals surface area contributed by atoms with Crippen molar-refractivity contribution in [1.29, 1.82) is 0 Å². The number of carbonyl (C=O) groups excluding carboxylic acids is 1. The molecule has 0 spiro atoms. The fourth-order valence-corrected chi connectivity index (χ4v) is 3.90. The lowest BCUT2D eigenvalue weighted by Gasteiger charge is -2.34. The van der Waals surface area contributed by atoms with Crippen LogP contribution < -0.4 is 0 Å². The first-order chi connectivity index (χ1) is 13.1. The molecule has 3 heterocycles. The first-order valence-electron chi connectivity index (χ1n) is 9.46. The molecular weight excluding hydrogens is 342 g/mol. The lowest BCUT2D eigenvalue weighted by molar-refractivity contribution is -0.133. The van der Waals surface area contributed by atoms with Gasteiger partial charge in [0, 0.05) is 45.5 Å². The predicted octanol–water partition coefficient (Wildman–Crippen LogP) is 2.13. The standard InChI is InChI=1S/C20H25N5O2/c1-23-13-9-21-20(23)19(27)15-6-10-24(11-7-15)18(26)8-12-25-14-22-16-4-2-3-5-17(16)25/h2-5,9,13-15,19,27H,6-8,10-12H2,1H3/t19-/m0/s1. The van der Waals surface area contributed by atoms with Crippen LogP contribution in [0.4, 0.5) is 0 Å². The molecule has 1 aliphatic heterocycles. The van der Waals surface area contributed by atoms with Gasteiger partial charge in [-0.25, -0.2) is 9.97 Å². The number of nitrogens with zero attached hydrogens (tertiary/aromatic N) is 5. The van der Waals surface area contributed by atoms with Gasteiger partial charge in [0.25, 0.3) is 0 Å². The number of rotatable bonds is 5. The molecule has 1 fully saturated rings. The van der Waals surface area contributed by atoms with Gasteiger partial charge in [0.15, 0.2) is 0 Å². The van der Waals surface area contributed by atoms with Crippen molar-refractivity contribution in [2.75, 3.05) is 13.1 Å². The molecule has 1 atom stereocenters. The van der Waals surface area contributed by atoms with Crippen LogP contribution in [0.15, 0.2) is 43.0 Å². The Morgan fingerprint density at radius 2 is 2.04 bits per heavy atom. The number of aliphatic hydroxyl groups excluding tert-OH is 1. The highest BCUT2D eigenvalue weighted by atomic mass is 16.3. The molecule has 0 bridgehead atoms. The summed E-state index contributed by atoms with van der Waals surface area (Å²) in [6.07, 6.45) is 6.84. The monoisotopic (exact) mass is 367 g/mol. The van der Waals surface area contributed by atoms with Crippen LogP contribution >= 0.6 is 0 Å². The first-order valence-corrected chi connectivity index (χ1v) is 9.46. The van der Waals surface area contributed by atoms with E-state index in [2.05, 4.69) is 9.97 Å². The van der Waals surface area contributed by atoms with Crippen molar-refractivity contribution in [2.45, 2.75) is 31.9 Å². The van der Waals surface area contributed by atoms with Crippen molar-refractivity contribution in [3.63, 3.8) is 0 Å². The lowest BCUT2D eigenvalue weighted by Crippen LogP contribution is -2.40. The SMILES string of the molecule is Cn1ccnc1[C@@H](O)C1CCN(C(=O)CCn2cnc3ccccc32)CC1. The molecule has 0 aliphatic carbocycles. The number of aryl methyl sites for hydroxylation is 2. The zero-order chi connectivity index (χ0) is 18.8. The summed E-state index contributed by atoms with van der Waals surface area (Å²) in [4.78, 5) is 23.1. The highest BCUT2D eigenvalue weighted by Crippen LogP contribution is 2.30. The van der Waals surface area contributed by atoms with E-state index in [0.717, 1.165) is 23.9 Å². The van der Waals surface area contributed by atoms with Gasteiger partial charge in [-0.3, -0.25) is 4.79 Å². The van der Waals surface area contributed by atoms with E-state index in [0.29, 0.717) is 31.9 Å². The Morgan fingerprint density at radius 1 is 1.26 bits per heavy atom. The van der Waals surface area contributed by atoms with E-state index in [1.54, 1.807) is 12.5 Å². The minimum absolute atomic E-state index is 0.146. The highest BCUT2D eigenvalue weighted by Gasteiger charge is 2.29. The average Bonchev–Trinajstić information content (AvgIpc) is 3.32. The van der Waals surface area contributed by atoms with Crippen LogP contribution in [0.1, 0.15) is 31.2 Å². The predicted molar refractivity (Wildman–Crippen MR) is 102 cm³/mol. The summed E-state index contributed by atoms with van der Waals surface area (Å²) in [6, 6.07) is 7.96. The number of aromatic nitrogens is 4. The second-order valence-corrected chi connectivity index (χ2v) is 7.24.